The van der Waals surface area contributed by atoms with Gasteiger partial charge in [0.15, 0.2) is 11.0 Å². The number of likely N-dealkylation sites (N-methyl/N-ethyl adjacent to an activating group) is 1. The number of hydrogen-bond donors (Lipinski definition) is 0. The summed E-state index contributed by atoms with van der Waals surface area (Å²) >= 11 is 18.3. The molecule has 5 rings (SSSR count). The van der Waals surface area contributed by atoms with E-state index < -0.39 is 11.9 Å². The Balaban J connectivity index is 1.30. The summed E-state index contributed by atoms with van der Waals surface area (Å²) in [4.78, 5) is 32.2. The van der Waals surface area contributed by atoms with Gasteiger partial charge in [0.25, 0.3) is 0 Å². The fraction of sp³-hybridized carbons (Fsp3) is 0.357. The average molecular weight is 607 g/mol. The number of aromatic nitrogens is 2. The molecule has 2 aromatic carbocycles. The molecule has 0 N–H and O–H groups in total. The molecule has 0 saturated carbocycles. The molecule has 3 heterocycles. The molecule has 2 atom stereocenters. The summed E-state index contributed by atoms with van der Waals surface area (Å²) in [5, 5.41) is 9.22. The van der Waals surface area contributed by atoms with E-state index in [1.165, 1.54) is 29.2 Å². The average Bonchev–Trinajstić information content (AvgIpc) is 3.41. The summed E-state index contributed by atoms with van der Waals surface area (Å²) in [5.74, 6) is 0.222. The van der Waals surface area contributed by atoms with Gasteiger partial charge in [0.2, 0.25) is 5.91 Å². The molecule has 1 unspecified atom stereocenters. The third-order valence-electron chi connectivity index (χ3n) is 7.56. The van der Waals surface area contributed by atoms with E-state index in [9.17, 15) is 14.0 Å². The van der Waals surface area contributed by atoms with Crippen molar-refractivity contribution in [1.29, 1.82) is 0 Å². The Hall–Kier alpha value is -3.14. The fourth-order valence-corrected chi connectivity index (χ4v) is 5.74. The molecule has 2 aliphatic heterocycles. The number of ether oxygens (including phenoxy) is 1. The number of anilines is 1. The summed E-state index contributed by atoms with van der Waals surface area (Å²) < 4.78 is 18.8. The second-order valence-electron chi connectivity index (χ2n) is 10.00. The Morgan fingerprint density at radius 3 is 2.33 bits per heavy atom. The lowest BCUT2D eigenvalue weighted by Gasteiger charge is -2.33. The Morgan fingerprint density at radius 2 is 1.68 bits per heavy atom. The van der Waals surface area contributed by atoms with Gasteiger partial charge in [0, 0.05) is 45.1 Å². The van der Waals surface area contributed by atoms with Crippen molar-refractivity contribution in [2.45, 2.75) is 24.8 Å². The van der Waals surface area contributed by atoms with Gasteiger partial charge < -0.3 is 19.4 Å². The molecule has 40 heavy (non-hydrogen) atoms. The first-order valence-corrected chi connectivity index (χ1v) is 14.0. The zero-order valence-electron chi connectivity index (χ0n) is 21.6. The largest absolute Gasteiger partial charge is 0.415 e. The molecule has 0 aliphatic carbocycles. The maximum Gasteiger partial charge on any atom is 0.415 e. The topological polar surface area (TPSA) is 78.9 Å². The second kappa shape index (κ2) is 12.2. The Labute approximate surface area is 246 Å². The summed E-state index contributed by atoms with van der Waals surface area (Å²) in [5.41, 5.74) is 0.868. The van der Waals surface area contributed by atoms with Crippen molar-refractivity contribution in [2.24, 2.45) is 5.92 Å². The Kier molecular flexibility index (Phi) is 8.63. The van der Waals surface area contributed by atoms with Crippen LogP contribution >= 0.6 is 34.8 Å². The van der Waals surface area contributed by atoms with E-state index in [-0.39, 0.29) is 29.5 Å². The van der Waals surface area contributed by atoms with Gasteiger partial charge in [0.1, 0.15) is 11.6 Å². The number of amides is 2. The SMILES string of the molecule is CN(C(=O)Oc1ccc(F)cc1)C1CN(C(=O)C2CCN(c3ccc(Cl)nn3)CC2)C[C@@H]1c1ccc(Cl)c(Cl)c1. The molecule has 2 saturated heterocycles. The number of piperidine rings is 1. The molecule has 2 amide bonds. The molecule has 0 radical (unpaired) electrons. The van der Waals surface area contributed by atoms with Crippen LogP contribution in [0.3, 0.4) is 0 Å². The maximum atomic E-state index is 13.7. The van der Waals surface area contributed by atoms with Crippen molar-refractivity contribution < 1.29 is 18.7 Å². The van der Waals surface area contributed by atoms with E-state index in [1.807, 2.05) is 17.0 Å². The molecule has 3 aromatic rings. The minimum absolute atomic E-state index is 0.0507. The van der Waals surface area contributed by atoms with Crippen LogP contribution in [0.1, 0.15) is 24.3 Å². The highest BCUT2D eigenvalue weighted by Gasteiger charge is 2.42. The van der Waals surface area contributed by atoms with E-state index in [2.05, 4.69) is 15.1 Å². The van der Waals surface area contributed by atoms with E-state index in [1.54, 1.807) is 25.2 Å². The van der Waals surface area contributed by atoms with Gasteiger partial charge in [-0.1, -0.05) is 40.9 Å². The van der Waals surface area contributed by atoms with Crippen LogP contribution in [0, 0.1) is 11.7 Å². The van der Waals surface area contributed by atoms with E-state index >= 15 is 0 Å². The van der Waals surface area contributed by atoms with Crippen LogP contribution in [0.25, 0.3) is 0 Å². The predicted molar refractivity (Wildman–Crippen MR) is 152 cm³/mol. The lowest BCUT2D eigenvalue weighted by molar-refractivity contribution is -0.135. The number of carbonyl (C=O) groups is 2. The third kappa shape index (κ3) is 6.27. The normalized spacial score (nSPS) is 19.5. The zero-order chi connectivity index (χ0) is 28.4. The van der Waals surface area contributed by atoms with Crippen molar-refractivity contribution >= 4 is 52.6 Å². The third-order valence-corrected chi connectivity index (χ3v) is 8.50. The summed E-state index contributed by atoms with van der Waals surface area (Å²) in [7, 11) is 1.64. The van der Waals surface area contributed by atoms with E-state index in [0.717, 1.165) is 11.4 Å². The van der Waals surface area contributed by atoms with Crippen molar-refractivity contribution in [1.82, 2.24) is 20.0 Å². The van der Waals surface area contributed by atoms with E-state index in [4.69, 9.17) is 39.5 Å². The first kappa shape index (κ1) is 28.4. The number of likely N-dealkylation sites (tertiary alicyclic amines) is 1. The van der Waals surface area contributed by atoms with Gasteiger partial charge in [-0.15, -0.1) is 10.2 Å². The van der Waals surface area contributed by atoms with Crippen LogP contribution in [0.4, 0.5) is 15.0 Å². The Morgan fingerprint density at radius 1 is 0.950 bits per heavy atom. The van der Waals surface area contributed by atoms with Crippen LogP contribution < -0.4 is 9.64 Å². The maximum absolute atomic E-state index is 13.7. The van der Waals surface area contributed by atoms with Gasteiger partial charge in [-0.3, -0.25) is 4.79 Å². The van der Waals surface area contributed by atoms with Crippen LogP contribution in [0.5, 0.6) is 5.75 Å². The van der Waals surface area contributed by atoms with Crippen molar-refractivity contribution in [3.8, 4) is 5.75 Å². The van der Waals surface area contributed by atoms with E-state index in [0.29, 0.717) is 54.2 Å². The smallest absolute Gasteiger partial charge is 0.410 e. The summed E-state index contributed by atoms with van der Waals surface area (Å²) in [6, 6.07) is 13.7. The van der Waals surface area contributed by atoms with Crippen LogP contribution in [-0.4, -0.2) is 71.3 Å². The van der Waals surface area contributed by atoms with Crippen LogP contribution in [-0.2, 0) is 4.79 Å². The highest BCUT2D eigenvalue weighted by atomic mass is 35.5. The summed E-state index contributed by atoms with van der Waals surface area (Å²) in [6.45, 7) is 2.09. The highest BCUT2D eigenvalue weighted by Crippen LogP contribution is 2.36. The molecular weight excluding hydrogens is 580 g/mol. The standard InChI is InChI=1S/C28H27Cl3FN5O3/c1-35(28(39)40-20-5-3-19(32)4-6-20)24-16-37(15-21(24)18-2-7-22(29)23(30)14-18)27(38)17-10-12-36(13-11-17)26-9-8-25(31)33-34-26/h2-9,14,17,21,24H,10-13,15-16H2,1H3/t21-,24?/m1/s1. The molecule has 2 aliphatic rings. The quantitative estimate of drug-likeness (QED) is 0.359. The van der Waals surface area contributed by atoms with Crippen molar-refractivity contribution in [2.75, 3.05) is 38.1 Å². The first-order valence-electron chi connectivity index (χ1n) is 12.9. The number of rotatable bonds is 5. The lowest BCUT2D eigenvalue weighted by Crippen LogP contribution is -2.45. The molecule has 1 aromatic heterocycles. The molecule has 0 spiro atoms. The molecule has 8 nitrogen and oxygen atoms in total. The highest BCUT2D eigenvalue weighted by molar-refractivity contribution is 6.42. The first-order chi connectivity index (χ1) is 19.2. The van der Waals surface area contributed by atoms with Gasteiger partial charge in [-0.2, -0.15) is 0 Å². The molecule has 2 fully saturated rings. The molecule has 0 bridgehead atoms. The number of halogens is 4. The number of nitrogens with zero attached hydrogens (tertiary/aromatic N) is 5. The van der Waals surface area contributed by atoms with Crippen molar-refractivity contribution in [3.05, 3.63) is 81.2 Å². The summed E-state index contributed by atoms with van der Waals surface area (Å²) in [6.07, 6.45) is 0.738. The van der Waals surface area contributed by atoms with Gasteiger partial charge in [-0.25, -0.2) is 9.18 Å². The molecule has 12 heteroatoms. The minimum atomic E-state index is -0.603. The molecule has 210 valence electrons. The second-order valence-corrected chi connectivity index (χ2v) is 11.2. The lowest BCUT2D eigenvalue weighted by atomic mass is 9.93. The Bertz CT molecular complexity index is 1370. The van der Waals surface area contributed by atoms with Crippen LogP contribution in [0.2, 0.25) is 15.2 Å². The zero-order valence-corrected chi connectivity index (χ0v) is 23.9. The number of benzene rings is 2. The van der Waals surface area contributed by atoms with Crippen LogP contribution in [0.15, 0.2) is 54.6 Å². The molecular formula is C28H27Cl3FN5O3. The van der Waals surface area contributed by atoms with Gasteiger partial charge in [-0.05, 0) is 66.9 Å². The fourth-order valence-electron chi connectivity index (χ4n) is 5.33. The van der Waals surface area contributed by atoms with Gasteiger partial charge >= 0.3 is 6.09 Å². The minimum Gasteiger partial charge on any atom is -0.410 e. The monoisotopic (exact) mass is 605 g/mol. The number of hydrogen-bond acceptors (Lipinski definition) is 6. The van der Waals surface area contributed by atoms with Crippen molar-refractivity contribution in [3.63, 3.8) is 0 Å². The predicted octanol–water partition coefficient (Wildman–Crippen LogP) is 5.92. The number of carbonyl (C=O) groups excluding carboxylic acids is 2. The van der Waals surface area contributed by atoms with Gasteiger partial charge in [0.05, 0.1) is 16.1 Å².